The maximum absolute atomic E-state index is 11.2. The first-order chi connectivity index (χ1) is 12.5. The van der Waals surface area contributed by atoms with E-state index in [9.17, 15) is 4.79 Å². The molecule has 0 radical (unpaired) electrons. The molecule has 0 spiro atoms. The third-order valence-corrected chi connectivity index (χ3v) is 4.54. The highest BCUT2D eigenvalue weighted by Gasteiger charge is 2.38. The maximum Gasteiger partial charge on any atom is 0.304 e. The van der Waals surface area contributed by atoms with Crippen LogP contribution < -0.4 is 0 Å². The van der Waals surface area contributed by atoms with Gasteiger partial charge in [0.2, 0.25) is 6.29 Å². The van der Waals surface area contributed by atoms with Crippen LogP contribution in [0.1, 0.15) is 32.8 Å². The summed E-state index contributed by atoms with van der Waals surface area (Å²) < 4.78 is 22.7. The summed E-state index contributed by atoms with van der Waals surface area (Å²) in [7, 11) is 0. The number of thiocarbonyl (C=S) groups is 1. The highest BCUT2D eigenvalue weighted by molar-refractivity contribution is 7.80. The average Bonchev–Trinajstić information content (AvgIpc) is 3.01. The number of esters is 1. The molecule has 144 valence electrons. The number of hydrogen-bond donors (Lipinski definition) is 0. The van der Waals surface area contributed by atoms with Crippen LogP contribution in [-0.4, -0.2) is 54.2 Å². The third kappa shape index (κ3) is 6.23. The zero-order valence-corrected chi connectivity index (χ0v) is 16.4. The van der Waals surface area contributed by atoms with E-state index in [1.807, 2.05) is 49.1 Å². The van der Waals surface area contributed by atoms with Crippen molar-refractivity contribution in [2.45, 2.75) is 52.3 Å². The number of benzene rings is 1. The summed E-state index contributed by atoms with van der Waals surface area (Å²) in [4.78, 5) is 13.2. The second-order valence-electron chi connectivity index (χ2n) is 6.03. The van der Waals surface area contributed by atoms with Gasteiger partial charge in [-0.15, -0.1) is 0 Å². The van der Waals surface area contributed by atoms with E-state index >= 15 is 0 Å². The van der Waals surface area contributed by atoms with E-state index in [0.29, 0.717) is 18.2 Å². The molecular formula is C19H27NO5S. The molecule has 7 heteroatoms. The Morgan fingerprint density at radius 3 is 2.58 bits per heavy atom. The van der Waals surface area contributed by atoms with Crippen molar-refractivity contribution >= 4 is 23.4 Å². The minimum absolute atomic E-state index is 0.237. The lowest BCUT2D eigenvalue weighted by molar-refractivity contribution is -0.175. The summed E-state index contributed by atoms with van der Waals surface area (Å²) in [5.74, 6) is -0.378. The lowest BCUT2D eigenvalue weighted by Gasteiger charge is -2.24. The van der Waals surface area contributed by atoms with Crippen LogP contribution in [0.5, 0.6) is 0 Å². The number of ether oxygens (including phenoxy) is 4. The van der Waals surface area contributed by atoms with Gasteiger partial charge in [-0.05, 0) is 31.6 Å². The number of carbonyl (C=O) groups excluding carboxylic acids is 1. The largest absolute Gasteiger partial charge is 0.468 e. The fraction of sp³-hybridized carbons (Fsp3) is 0.579. The van der Waals surface area contributed by atoms with Crippen LogP contribution in [0.4, 0.5) is 0 Å². The molecule has 1 aromatic rings. The summed E-state index contributed by atoms with van der Waals surface area (Å²) in [5, 5.41) is 0.441. The zero-order chi connectivity index (χ0) is 18.9. The van der Waals surface area contributed by atoms with Gasteiger partial charge in [0.15, 0.2) is 0 Å². The molecule has 26 heavy (non-hydrogen) atoms. The molecule has 0 bridgehead atoms. The van der Waals surface area contributed by atoms with Gasteiger partial charge in [0, 0.05) is 26.4 Å². The summed E-state index contributed by atoms with van der Waals surface area (Å²) in [6.07, 6.45) is -0.738. The quantitative estimate of drug-likeness (QED) is 0.507. The summed E-state index contributed by atoms with van der Waals surface area (Å²) in [5.41, 5.74) is 1.07. The normalized spacial score (nSPS) is 22.0. The van der Waals surface area contributed by atoms with Gasteiger partial charge in [0.25, 0.3) is 5.17 Å². The second-order valence-corrected chi connectivity index (χ2v) is 6.38. The van der Waals surface area contributed by atoms with Crippen LogP contribution >= 0.6 is 12.2 Å². The van der Waals surface area contributed by atoms with E-state index < -0.39 is 6.29 Å². The van der Waals surface area contributed by atoms with Gasteiger partial charge in [-0.3, -0.25) is 4.79 Å². The molecule has 3 atom stereocenters. The lowest BCUT2D eigenvalue weighted by Crippen LogP contribution is -2.36. The van der Waals surface area contributed by atoms with E-state index in [-0.39, 0.29) is 24.8 Å². The van der Waals surface area contributed by atoms with Gasteiger partial charge >= 0.3 is 5.97 Å². The van der Waals surface area contributed by atoms with Gasteiger partial charge in [-0.1, -0.05) is 30.3 Å². The minimum Gasteiger partial charge on any atom is -0.468 e. The Balaban J connectivity index is 1.92. The maximum atomic E-state index is 11.2. The minimum atomic E-state index is -0.621. The standard InChI is InChI=1S/C19H27NO5S/c1-4-20(5-2)19(26)23-13-17-16(11-18(25-17)24-14(3)21)22-12-15-9-7-6-8-10-15/h6-10,16-18H,4-5,11-13H2,1-3H3/t16-,17+,18?/m0/s1. The topological polar surface area (TPSA) is 57.2 Å². The number of carbonyl (C=O) groups is 1. The number of rotatable bonds is 8. The first kappa shape index (κ1) is 20.6. The molecule has 6 nitrogen and oxygen atoms in total. The van der Waals surface area contributed by atoms with E-state index in [1.54, 1.807) is 0 Å². The van der Waals surface area contributed by atoms with Gasteiger partial charge in [0.1, 0.15) is 12.7 Å². The van der Waals surface area contributed by atoms with E-state index in [2.05, 4.69) is 0 Å². The van der Waals surface area contributed by atoms with E-state index in [0.717, 1.165) is 18.7 Å². The van der Waals surface area contributed by atoms with Gasteiger partial charge < -0.3 is 23.8 Å². The van der Waals surface area contributed by atoms with Crippen molar-refractivity contribution in [1.29, 1.82) is 0 Å². The van der Waals surface area contributed by atoms with Crippen molar-refractivity contribution in [3.63, 3.8) is 0 Å². The Bertz CT molecular complexity index is 579. The molecule has 1 fully saturated rings. The Morgan fingerprint density at radius 2 is 1.96 bits per heavy atom. The highest BCUT2D eigenvalue weighted by Crippen LogP contribution is 2.26. The average molecular weight is 381 g/mol. The van der Waals surface area contributed by atoms with Crippen molar-refractivity contribution < 1.29 is 23.7 Å². The van der Waals surface area contributed by atoms with Gasteiger partial charge in [-0.25, -0.2) is 0 Å². The Hall–Kier alpha value is -1.70. The second kappa shape index (κ2) is 10.4. The monoisotopic (exact) mass is 381 g/mol. The molecule has 0 aromatic heterocycles. The van der Waals surface area contributed by atoms with Crippen LogP contribution in [0.3, 0.4) is 0 Å². The van der Waals surface area contributed by atoms with Gasteiger partial charge in [0.05, 0.1) is 12.7 Å². The van der Waals surface area contributed by atoms with Crippen LogP contribution in [0, 0.1) is 0 Å². The van der Waals surface area contributed by atoms with E-state index in [1.165, 1.54) is 6.92 Å². The molecule has 0 N–H and O–H groups in total. The number of nitrogens with zero attached hydrogens (tertiary/aromatic N) is 1. The van der Waals surface area contributed by atoms with Crippen molar-refractivity contribution in [3.05, 3.63) is 35.9 Å². The Labute approximate surface area is 160 Å². The fourth-order valence-electron chi connectivity index (χ4n) is 2.77. The predicted molar refractivity (Wildman–Crippen MR) is 102 cm³/mol. The first-order valence-corrected chi connectivity index (χ1v) is 9.34. The first-order valence-electron chi connectivity index (χ1n) is 8.93. The highest BCUT2D eigenvalue weighted by atomic mass is 32.1. The Morgan fingerprint density at radius 1 is 1.27 bits per heavy atom. The van der Waals surface area contributed by atoms with Gasteiger partial charge in [-0.2, -0.15) is 0 Å². The number of hydrogen-bond acceptors (Lipinski definition) is 6. The van der Waals surface area contributed by atoms with Crippen molar-refractivity contribution in [2.75, 3.05) is 19.7 Å². The summed E-state index contributed by atoms with van der Waals surface area (Å²) in [6, 6.07) is 9.90. The van der Waals surface area contributed by atoms with Crippen LogP contribution in [-0.2, 0) is 30.3 Å². The fourth-order valence-corrected chi connectivity index (χ4v) is 3.09. The SMILES string of the molecule is CCN(CC)C(=S)OC[C@H]1OC(OC(C)=O)C[C@@H]1OCc1ccccc1. The molecule has 0 aliphatic carbocycles. The van der Waals surface area contributed by atoms with Crippen LogP contribution in [0.25, 0.3) is 0 Å². The molecular weight excluding hydrogens is 354 g/mol. The molecule has 1 unspecified atom stereocenters. The molecule has 1 saturated heterocycles. The lowest BCUT2D eigenvalue weighted by atomic mass is 10.2. The molecule has 1 aliphatic rings. The molecule has 0 amide bonds. The van der Waals surface area contributed by atoms with Crippen molar-refractivity contribution in [1.82, 2.24) is 4.90 Å². The molecule has 2 rings (SSSR count). The smallest absolute Gasteiger partial charge is 0.304 e. The Kier molecular flexibility index (Phi) is 8.28. The summed E-state index contributed by atoms with van der Waals surface area (Å²) in [6.45, 7) is 7.69. The van der Waals surface area contributed by atoms with Crippen molar-refractivity contribution in [3.8, 4) is 0 Å². The predicted octanol–water partition coefficient (Wildman–Crippen LogP) is 2.89. The summed E-state index contributed by atoms with van der Waals surface area (Å²) >= 11 is 5.31. The van der Waals surface area contributed by atoms with E-state index in [4.69, 9.17) is 31.2 Å². The molecule has 1 aliphatic heterocycles. The zero-order valence-electron chi connectivity index (χ0n) is 15.6. The van der Waals surface area contributed by atoms with Crippen LogP contribution in [0.2, 0.25) is 0 Å². The molecule has 1 aromatic carbocycles. The molecule has 1 heterocycles. The third-order valence-electron chi connectivity index (χ3n) is 4.16. The van der Waals surface area contributed by atoms with Crippen molar-refractivity contribution in [2.24, 2.45) is 0 Å². The van der Waals surface area contributed by atoms with Crippen LogP contribution in [0.15, 0.2) is 30.3 Å². The molecule has 0 saturated carbocycles.